The van der Waals surface area contributed by atoms with E-state index in [9.17, 15) is 4.39 Å². The van der Waals surface area contributed by atoms with E-state index in [1.807, 2.05) is 37.3 Å². The number of fused-ring (bicyclic) bond motifs is 1. The fraction of sp³-hybridized carbons (Fsp3) is 0.238. The average Bonchev–Trinajstić information content (AvgIpc) is 2.80. The molecule has 0 aliphatic carbocycles. The van der Waals surface area contributed by atoms with Crippen molar-refractivity contribution in [1.29, 1.82) is 0 Å². The minimum atomic E-state index is -0.198. The quantitative estimate of drug-likeness (QED) is 0.696. The molecule has 0 saturated carbocycles. The van der Waals surface area contributed by atoms with Gasteiger partial charge in [0.15, 0.2) is 0 Å². The SMILES string of the molecule is Cc1ccc(-c2ccc3c(c2)CN(C)CCN3c2ccccc2F)nn1. The Hall–Kier alpha value is -2.79. The molecule has 4 nitrogen and oxygen atoms in total. The van der Waals surface area contributed by atoms with E-state index in [0.717, 1.165) is 47.8 Å². The molecule has 2 heterocycles. The van der Waals surface area contributed by atoms with Crippen LogP contribution in [0.1, 0.15) is 11.3 Å². The van der Waals surface area contributed by atoms with Crippen LogP contribution in [-0.2, 0) is 6.54 Å². The number of hydrogen-bond donors (Lipinski definition) is 0. The zero-order valence-electron chi connectivity index (χ0n) is 15.0. The maximum atomic E-state index is 14.4. The number of aromatic nitrogens is 2. The van der Waals surface area contributed by atoms with Crippen molar-refractivity contribution in [1.82, 2.24) is 15.1 Å². The molecule has 0 radical (unpaired) electrons. The van der Waals surface area contributed by atoms with Gasteiger partial charge in [-0.3, -0.25) is 0 Å². The van der Waals surface area contributed by atoms with Gasteiger partial charge in [0.1, 0.15) is 5.82 Å². The Bertz CT molecular complexity index is 924. The highest BCUT2D eigenvalue weighted by Gasteiger charge is 2.21. The first-order valence-electron chi connectivity index (χ1n) is 8.76. The average molecular weight is 348 g/mol. The molecule has 3 aromatic rings. The summed E-state index contributed by atoms with van der Waals surface area (Å²) in [5.74, 6) is -0.198. The predicted molar refractivity (Wildman–Crippen MR) is 102 cm³/mol. The molecule has 5 heteroatoms. The third kappa shape index (κ3) is 3.18. The Balaban J connectivity index is 1.79. The lowest BCUT2D eigenvalue weighted by molar-refractivity contribution is 0.343. The van der Waals surface area contributed by atoms with Crippen molar-refractivity contribution in [2.24, 2.45) is 0 Å². The minimum Gasteiger partial charge on any atom is -0.338 e. The van der Waals surface area contributed by atoms with Gasteiger partial charge in [0, 0.05) is 30.9 Å². The van der Waals surface area contributed by atoms with Gasteiger partial charge in [0.25, 0.3) is 0 Å². The van der Waals surface area contributed by atoms with Crippen LogP contribution in [0, 0.1) is 12.7 Å². The molecule has 0 bridgehead atoms. The number of aryl methyl sites for hydroxylation is 1. The Morgan fingerprint density at radius 2 is 1.77 bits per heavy atom. The number of likely N-dealkylation sites (N-methyl/N-ethyl adjacent to an activating group) is 1. The molecule has 1 aliphatic rings. The third-order valence-electron chi connectivity index (χ3n) is 4.75. The van der Waals surface area contributed by atoms with E-state index in [2.05, 4.69) is 39.2 Å². The second-order valence-corrected chi connectivity index (χ2v) is 6.74. The summed E-state index contributed by atoms with van der Waals surface area (Å²) in [6.07, 6.45) is 0. The maximum absolute atomic E-state index is 14.4. The topological polar surface area (TPSA) is 32.3 Å². The van der Waals surface area contributed by atoms with Crippen LogP contribution in [0.5, 0.6) is 0 Å². The molecule has 0 unspecified atom stereocenters. The summed E-state index contributed by atoms with van der Waals surface area (Å²) in [4.78, 5) is 4.32. The Morgan fingerprint density at radius 1 is 0.923 bits per heavy atom. The highest BCUT2D eigenvalue weighted by molar-refractivity contribution is 5.72. The Labute approximate surface area is 152 Å². The molecule has 1 aromatic heterocycles. The van der Waals surface area contributed by atoms with E-state index < -0.39 is 0 Å². The molecule has 0 N–H and O–H groups in total. The normalized spacial score (nSPS) is 14.8. The lowest BCUT2D eigenvalue weighted by Gasteiger charge is -2.25. The second-order valence-electron chi connectivity index (χ2n) is 6.74. The Morgan fingerprint density at radius 3 is 2.54 bits per heavy atom. The van der Waals surface area contributed by atoms with Crippen molar-refractivity contribution < 1.29 is 4.39 Å². The molecule has 1 aliphatic heterocycles. The van der Waals surface area contributed by atoms with Crippen LogP contribution in [0.2, 0.25) is 0 Å². The van der Waals surface area contributed by atoms with Crippen LogP contribution < -0.4 is 4.90 Å². The van der Waals surface area contributed by atoms with Crippen LogP contribution in [-0.4, -0.2) is 35.2 Å². The lowest BCUT2D eigenvalue weighted by atomic mass is 10.0. The number of rotatable bonds is 2. The standard InChI is InChI=1S/C21H21FN4/c1-15-7-9-19(24-23-15)16-8-10-20-17(13-16)14-25(2)11-12-26(20)21-6-4-3-5-18(21)22/h3-10,13H,11-12,14H2,1-2H3. The fourth-order valence-corrected chi connectivity index (χ4v) is 3.37. The van der Waals surface area contributed by atoms with Gasteiger partial charge in [-0.2, -0.15) is 10.2 Å². The summed E-state index contributed by atoms with van der Waals surface area (Å²) in [6, 6.07) is 17.2. The van der Waals surface area contributed by atoms with Crippen molar-refractivity contribution >= 4 is 11.4 Å². The third-order valence-corrected chi connectivity index (χ3v) is 4.75. The van der Waals surface area contributed by atoms with Gasteiger partial charge < -0.3 is 9.80 Å². The molecule has 0 spiro atoms. The number of anilines is 2. The molecule has 2 aromatic carbocycles. The van der Waals surface area contributed by atoms with Crippen LogP contribution >= 0.6 is 0 Å². The first kappa shape index (κ1) is 16.7. The summed E-state index contributed by atoms with van der Waals surface area (Å²) >= 11 is 0. The molecule has 0 saturated heterocycles. The van der Waals surface area contributed by atoms with E-state index in [0.29, 0.717) is 5.69 Å². The zero-order chi connectivity index (χ0) is 18.1. The molecular formula is C21H21FN4. The van der Waals surface area contributed by atoms with E-state index in [1.165, 1.54) is 6.07 Å². The van der Waals surface area contributed by atoms with E-state index in [4.69, 9.17) is 0 Å². The van der Waals surface area contributed by atoms with Gasteiger partial charge in [0.2, 0.25) is 0 Å². The Kier molecular flexibility index (Phi) is 4.39. The van der Waals surface area contributed by atoms with Crippen molar-refractivity contribution in [2.45, 2.75) is 13.5 Å². The molecule has 4 rings (SSSR count). The van der Waals surface area contributed by atoms with E-state index in [1.54, 1.807) is 6.07 Å². The van der Waals surface area contributed by atoms with Crippen molar-refractivity contribution in [2.75, 3.05) is 25.0 Å². The largest absolute Gasteiger partial charge is 0.338 e. The van der Waals surface area contributed by atoms with Crippen LogP contribution in [0.25, 0.3) is 11.3 Å². The van der Waals surface area contributed by atoms with Crippen molar-refractivity contribution in [3.8, 4) is 11.3 Å². The first-order chi connectivity index (χ1) is 12.6. The number of nitrogens with zero attached hydrogens (tertiary/aromatic N) is 4. The van der Waals surface area contributed by atoms with E-state index in [-0.39, 0.29) is 5.82 Å². The van der Waals surface area contributed by atoms with Gasteiger partial charge >= 0.3 is 0 Å². The summed E-state index contributed by atoms with van der Waals surface area (Å²) in [7, 11) is 2.09. The first-order valence-corrected chi connectivity index (χ1v) is 8.76. The molecule has 0 atom stereocenters. The van der Waals surface area contributed by atoms with Crippen molar-refractivity contribution in [3.05, 3.63) is 71.7 Å². The number of hydrogen-bond acceptors (Lipinski definition) is 4. The molecular weight excluding hydrogens is 327 g/mol. The van der Waals surface area contributed by atoms with Gasteiger partial charge in [-0.15, -0.1) is 0 Å². The predicted octanol–water partition coefficient (Wildman–Crippen LogP) is 4.17. The summed E-state index contributed by atoms with van der Waals surface area (Å²) < 4.78 is 14.4. The molecule has 0 fully saturated rings. The van der Waals surface area contributed by atoms with Crippen LogP contribution in [0.15, 0.2) is 54.6 Å². The van der Waals surface area contributed by atoms with Gasteiger partial charge in [0.05, 0.1) is 17.1 Å². The highest BCUT2D eigenvalue weighted by Crippen LogP contribution is 2.35. The maximum Gasteiger partial charge on any atom is 0.146 e. The molecule has 26 heavy (non-hydrogen) atoms. The summed E-state index contributed by atoms with van der Waals surface area (Å²) in [6.45, 7) is 4.35. The monoisotopic (exact) mass is 348 g/mol. The highest BCUT2D eigenvalue weighted by atomic mass is 19.1. The number of para-hydroxylation sites is 1. The van der Waals surface area contributed by atoms with Gasteiger partial charge in [-0.25, -0.2) is 4.39 Å². The van der Waals surface area contributed by atoms with Gasteiger partial charge in [-0.1, -0.05) is 18.2 Å². The van der Waals surface area contributed by atoms with Gasteiger partial charge in [-0.05, 0) is 55.9 Å². The van der Waals surface area contributed by atoms with Crippen molar-refractivity contribution in [3.63, 3.8) is 0 Å². The summed E-state index contributed by atoms with van der Waals surface area (Å²) in [5, 5.41) is 8.45. The minimum absolute atomic E-state index is 0.198. The van der Waals surface area contributed by atoms with E-state index >= 15 is 0 Å². The zero-order valence-corrected chi connectivity index (χ0v) is 15.0. The summed E-state index contributed by atoms with van der Waals surface area (Å²) in [5.41, 5.74) is 5.60. The van der Waals surface area contributed by atoms with Crippen LogP contribution in [0.4, 0.5) is 15.8 Å². The molecule has 132 valence electrons. The smallest absolute Gasteiger partial charge is 0.146 e. The number of benzene rings is 2. The molecule has 0 amide bonds. The second kappa shape index (κ2) is 6.84. The fourth-order valence-electron chi connectivity index (χ4n) is 3.37. The lowest BCUT2D eigenvalue weighted by Crippen LogP contribution is -2.26. The van der Waals surface area contributed by atoms with Crippen LogP contribution in [0.3, 0.4) is 0 Å². The number of halogens is 1.